The molecule has 0 saturated carbocycles. The fourth-order valence-corrected chi connectivity index (χ4v) is 3.69. The van der Waals surface area contributed by atoms with Crippen molar-refractivity contribution < 1.29 is 9.53 Å². The Kier molecular flexibility index (Phi) is 5.63. The number of hydrogen-bond acceptors (Lipinski definition) is 4. The minimum Gasteiger partial charge on any atom is -0.383 e. The summed E-state index contributed by atoms with van der Waals surface area (Å²) in [5.41, 5.74) is 1.27. The van der Waals surface area contributed by atoms with Crippen LogP contribution in [0.15, 0.2) is 6.07 Å². The van der Waals surface area contributed by atoms with Crippen LogP contribution in [0.1, 0.15) is 29.3 Å². The van der Waals surface area contributed by atoms with E-state index in [1.165, 1.54) is 10.4 Å². The summed E-state index contributed by atoms with van der Waals surface area (Å²) in [5.74, 6) is 0.00509. The lowest BCUT2D eigenvalue weighted by atomic mass is 9.94. The highest BCUT2D eigenvalue weighted by Gasteiger charge is 2.22. The molecule has 0 saturated heterocycles. The van der Waals surface area contributed by atoms with Crippen LogP contribution in [0.2, 0.25) is 4.34 Å². The van der Waals surface area contributed by atoms with Crippen molar-refractivity contribution in [2.24, 2.45) is 0 Å². The number of hydrogen-bond donors (Lipinski definition) is 2. The molecule has 1 aliphatic rings. The third kappa shape index (κ3) is 4.18. The third-order valence-corrected chi connectivity index (χ3v) is 4.56. The molecule has 0 aromatic carbocycles. The van der Waals surface area contributed by atoms with Crippen LogP contribution in [0, 0.1) is 0 Å². The molecular formula is C13H19ClN2O2S. The van der Waals surface area contributed by atoms with Crippen LogP contribution in [-0.2, 0) is 16.0 Å². The first-order valence-corrected chi connectivity index (χ1v) is 7.67. The van der Waals surface area contributed by atoms with Crippen molar-refractivity contribution in [3.63, 3.8) is 0 Å². The molecule has 1 aromatic heterocycles. The van der Waals surface area contributed by atoms with E-state index >= 15 is 0 Å². The second kappa shape index (κ2) is 7.24. The van der Waals surface area contributed by atoms with E-state index in [1.807, 2.05) is 6.07 Å². The summed E-state index contributed by atoms with van der Waals surface area (Å²) in [4.78, 5) is 13.0. The van der Waals surface area contributed by atoms with Crippen molar-refractivity contribution in [3.8, 4) is 0 Å². The van der Waals surface area contributed by atoms with E-state index < -0.39 is 0 Å². The first-order valence-electron chi connectivity index (χ1n) is 6.48. The van der Waals surface area contributed by atoms with Gasteiger partial charge in [-0.05, 0) is 30.9 Å². The van der Waals surface area contributed by atoms with Gasteiger partial charge in [-0.1, -0.05) is 11.6 Å². The highest BCUT2D eigenvalue weighted by Crippen LogP contribution is 2.37. The number of ether oxygens (including phenoxy) is 1. The number of thiophene rings is 1. The maximum absolute atomic E-state index is 11.6. The average Bonchev–Trinajstić information content (AvgIpc) is 2.77. The van der Waals surface area contributed by atoms with Gasteiger partial charge in [-0.15, -0.1) is 11.3 Å². The summed E-state index contributed by atoms with van der Waals surface area (Å²) in [6.07, 6.45) is 3.31. The van der Waals surface area contributed by atoms with Crippen LogP contribution >= 0.6 is 22.9 Å². The monoisotopic (exact) mass is 302 g/mol. The molecule has 0 radical (unpaired) electrons. The molecule has 6 heteroatoms. The lowest BCUT2D eigenvalue weighted by Gasteiger charge is -2.23. The van der Waals surface area contributed by atoms with Gasteiger partial charge < -0.3 is 15.4 Å². The van der Waals surface area contributed by atoms with Crippen molar-refractivity contribution in [2.75, 3.05) is 26.8 Å². The number of carbonyl (C=O) groups excluding carboxylic acids is 1. The first kappa shape index (κ1) is 14.8. The van der Waals surface area contributed by atoms with Crippen LogP contribution in [0.25, 0.3) is 0 Å². The maximum Gasteiger partial charge on any atom is 0.234 e. The predicted octanol–water partition coefficient (Wildman–Crippen LogP) is 2.13. The summed E-state index contributed by atoms with van der Waals surface area (Å²) in [7, 11) is 1.62. The number of nitrogens with one attached hydrogen (secondary N) is 2. The fourth-order valence-electron chi connectivity index (χ4n) is 2.30. The lowest BCUT2D eigenvalue weighted by molar-refractivity contribution is -0.120. The molecule has 1 amide bonds. The standard InChI is InChI=1S/C13H19ClN2O2S/c1-18-6-5-15-13(17)8-16-10-3-2-4-11-9(10)7-12(14)19-11/h7,10,16H,2-6,8H2,1H3,(H,15,17). The third-order valence-electron chi connectivity index (χ3n) is 3.22. The molecule has 1 atom stereocenters. The average molecular weight is 303 g/mol. The number of halogens is 1. The van der Waals surface area contributed by atoms with Crippen LogP contribution in [0.3, 0.4) is 0 Å². The van der Waals surface area contributed by atoms with E-state index in [1.54, 1.807) is 18.4 Å². The number of methoxy groups -OCH3 is 1. The number of carbonyl (C=O) groups is 1. The van der Waals surface area contributed by atoms with Crippen LogP contribution < -0.4 is 10.6 Å². The van der Waals surface area contributed by atoms with Crippen LogP contribution in [0.4, 0.5) is 0 Å². The molecule has 1 aromatic rings. The molecule has 1 heterocycles. The summed E-state index contributed by atoms with van der Waals surface area (Å²) < 4.78 is 5.72. The lowest BCUT2D eigenvalue weighted by Crippen LogP contribution is -2.37. The molecule has 0 bridgehead atoms. The van der Waals surface area contributed by atoms with E-state index in [-0.39, 0.29) is 11.9 Å². The first-order chi connectivity index (χ1) is 9.20. The minimum atomic E-state index is 0.00509. The van der Waals surface area contributed by atoms with Crippen molar-refractivity contribution in [3.05, 3.63) is 20.8 Å². The largest absolute Gasteiger partial charge is 0.383 e. The Labute approximate surface area is 122 Å². The highest BCUT2D eigenvalue weighted by atomic mass is 35.5. The minimum absolute atomic E-state index is 0.00509. The normalized spacial score (nSPS) is 18.1. The summed E-state index contributed by atoms with van der Waals surface area (Å²) in [5, 5.41) is 6.12. The quantitative estimate of drug-likeness (QED) is 0.792. The van der Waals surface area contributed by atoms with Gasteiger partial charge in [0.25, 0.3) is 0 Å². The molecule has 2 N–H and O–H groups in total. The smallest absolute Gasteiger partial charge is 0.234 e. The Hall–Kier alpha value is -0.620. The van der Waals surface area contributed by atoms with Crippen molar-refractivity contribution in [2.45, 2.75) is 25.3 Å². The van der Waals surface area contributed by atoms with Gasteiger partial charge in [-0.2, -0.15) is 0 Å². The van der Waals surface area contributed by atoms with Gasteiger partial charge in [-0.25, -0.2) is 0 Å². The Bertz CT molecular complexity index is 436. The van der Waals surface area contributed by atoms with Gasteiger partial charge >= 0.3 is 0 Å². The zero-order chi connectivity index (χ0) is 13.7. The zero-order valence-corrected chi connectivity index (χ0v) is 12.6. The Balaban J connectivity index is 1.82. The van der Waals surface area contributed by atoms with E-state index in [4.69, 9.17) is 16.3 Å². The molecule has 19 heavy (non-hydrogen) atoms. The molecule has 1 unspecified atom stereocenters. The van der Waals surface area contributed by atoms with Crippen LogP contribution in [-0.4, -0.2) is 32.7 Å². The zero-order valence-electron chi connectivity index (χ0n) is 11.0. The van der Waals surface area contributed by atoms with Crippen molar-refractivity contribution >= 4 is 28.8 Å². The number of aryl methyl sites for hydroxylation is 1. The van der Waals surface area contributed by atoms with Crippen molar-refractivity contribution in [1.82, 2.24) is 10.6 Å². The van der Waals surface area contributed by atoms with Crippen LogP contribution in [0.5, 0.6) is 0 Å². The number of amides is 1. The number of rotatable bonds is 6. The Morgan fingerprint density at radius 3 is 3.26 bits per heavy atom. The molecule has 106 valence electrons. The molecule has 1 aliphatic carbocycles. The molecule has 0 fully saturated rings. The molecular weight excluding hydrogens is 284 g/mol. The summed E-state index contributed by atoms with van der Waals surface area (Å²) in [6.45, 7) is 1.43. The van der Waals surface area contributed by atoms with Gasteiger partial charge in [0, 0.05) is 24.6 Å². The SMILES string of the molecule is COCCNC(=O)CNC1CCCc2sc(Cl)cc21. The van der Waals surface area contributed by atoms with Gasteiger partial charge in [0.05, 0.1) is 17.5 Å². The fraction of sp³-hybridized carbons (Fsp3) is 0.615. The topological polar surface area (TPSA) is 50.4 Å². The molecule has 0 spiro atoms. The second-order valence-electron chi connectivity index (χ2n) is 4.60. The van der Waals surface area contributed by atoms with E-state index in [0.29, 0.717) is 19.7 Å². The van der Waals surface area contributed by atoms with Gasteiger partial charge in [0.2, 0.25) is 5.91 Å². The van der Waals surface area contributed by atoms with E-state index in [0.717, 1.165) is 23.6 Å². The van der Waals surface area contributed by atoms with Gasteiger partial charge in [0.1, 0.15) is 0 Å². The Morgan fingerprint density at radius 2 is 2.47 bits per heavy atom. The van der Waals surface area contributed by atoms with E-state index in [9.17, 15) is 4.79 Å². The second-order valence-corrected chi connectivity index (χ2v) is 6.37. The molecule has 4 nitrogen and oxygen atoms in total. The summed E-state index contributed by atoms with van der Waals surface area (Å²) in [6, 6.07) is 2.28. The maximum atomic E-state index is 11.6. The molecule has 2 rings (SSSR count). The van der Waals surface area contributed by atoms with Gasteiger partial charge in [-0.3, -0.25) is 4.79 Å². The summed E-state index contributed by atoms with van der Waals surface area (Å²) >= 11 is 7.71. The predicted molar refractivity (Wildman–Crippen MR) is 77.9 cm³/mol. The van der Waals surface area contributed by atoms with Gasteiger partial charge in [0.15, 0.2) is 0 Å². The molecule has 0 aliphatic heterocycles. The van der Waals surface area contributed by atoms with E-state index in [2.05, 4.69) is 10.6 Å². The Morgan fingerprint density at radius 1 is 1.63 bits per heavy atom. The highest BCUT2D eigenvalue weighted by molar-refractivity contribution is 7.16. The van der Waals surface area contributed by atoms with Crippen molar-refractivity contribution in [1.29, 1.82) is 0 Å². The number of fused-ring (bicyclic) bond motifs is 1.